The first-order valence-electron chi connectivity index (χ1n) is 19.3. The Morgan fingerprint density at radius 1 is 0.549 bits per heavy atom. The molecule has 0 radical (unpaired) electrons. The Balaban J connectivity index is 1.53. The standard InChI is InChI=1S/C41H60B2O8/c1-11-46-35(44)19-15-13-17-25-41(26-18-14-16-20-36(45)47-12-2)33-27-29(42-48-37(3,4)38(5,6)49-42)21-23-31(33)32-24-22-30(28-34(32)41)43-50-39(7,8)40(9,10)51-43/h21-24,27-28H,11-20,25-26H2,1-10H3. The predicted molar refractivity (Wildman–Crippen MR) is 204 cm³/mol. The van der Waals surface area contributed by atoms with Crippen molar-refractivity contribution in [1.82, 2.24) is 0 Å². The van der Waals surface area contributed by atoms with Crippen molar-refractivity contribution in [2.75, 3.05) is 13.2 Å². The smallest absolute Gasteiger partial charge is 0.466 e. The molecular formula is C41H60B2O8. The Hall–Kier alpha value is -2.65. The minimum Gasteiger partial charge on any atom is -0.466 e. The fraction of sp³-hybridized carbons (Fsp3) is 0.659. The number of hydrogen-bond donors (Lipinski definition) is 0. The van der Waals surface area contributed by atoms with Gasteiger partial charge >= 0.3 is 26.2 Å². The first-order chi connectivity index (χ1) is 24.0. The summed E-state index contributed by atoms with van der Waals surface area (Å²) in [5, 5.41) is 0. The third-order valence-electron chi connectivity index (χ3n) is 12.0. The molecule has 8 nitrogen and oxygen atoms in total. The molecule has 10 heteroatoms. The van der Waals surface area contributed by atoms with Gasteiger partial charge in [-0.15, -0.1) is 0 Å². The minimum absolute atomic E-state index is 0.135. The lowest BCUT2D eigenvalue weighted by Gasteiger charge is -2.33. The number of carbonyl (C=O) groups is 2. The molecule has 2 saturated heterocycles. The van der Waals surface area contributed by atoms with E-state index < -0.39 is 36.6 Å². The molecule has 0 saturated carbocycles. The quantitative estimate of drug-likeness (QED) is 0.101. The Morgan fingerprint density at radius 2 is 0.902 bits per heavy atom. The lowest BCUT2D eigenvalue weighted by Crippen LogP contribution is -2.41. The van der Waals surface area contributed by atoms with Crippen LogP contribution >= 0.6 is 0 Å². The summed E-state index contributed by atoms with van der Waals surface area (Å²) in [6.45, 7) is 21.2. The van der Waals surface area contributed by atoms with Gasteiger partial charge in [0.2, 0.25) is 0 Å². The zero-order valence-corrected chi connectivity index (χ0v) is 32.9. The number of hydrogen-bond acceptors (Lipinski definition) is 8. The molecule has 0 amide bonds. The van der Waals surface area contributed by atoms with Crippen molar-refractivity contribution >= 4 is 37.1 Å². The molecular weight excluding hydrogens is 642 g/mol. The van der Waals surface area contributed by atoms with Crippen LogP contribution in [0.5, 0.6) is 0 Å². The number of benzene rings is 2. The molecule has 2 heterocycles. The summed E-state index contributed by atoms with van der Waals surface area (Å²) in [6.07, 6.45) is 7.99. The normalized spacial score (nSPS) is 20.3. The molecule has 0 unspecified atom stereocenters. The molecule has 2 aliphatic heterocycles. The Kier molecular flexibility index (Phi) is 11.9. The van der Waals surface area contributed by atoms with Crippen molar-refractivity contribution in [3.8, 4) is 11.1 Å². The second-order valence-electron chi connectivity index (χ2n) is 16.6. The van der Waals surface area contributed by atoms with Gasteiger partial charge in [0.25, 0.3) is 0 Å². The SMILES string of the molecule is CCOC(=O)CCCCCC1(CCCCCC(=O)OCC)c2cc(B3OC(C)(C)C(C)(C)O3)ccc2-c2ccc(B3OC(C)(C)C(C)(C)O3)cc21. The summed E-state index contributed by atoms with van der Waals surface area (Å²) in [5.74, 6) is -0.269. The summed E-state index contributed by atoms with van der Waals surface area (Å²) in [4.78, 5) is 24.3. The highest BCUT2D eigenvalue weighted by Gasteiger charge is 2.54. The average Bonchev–Trinajstić information content (AvgIpc) is 3.54. The maximum Gasteiger partial charge on any atom is 0.494 e. The Morgan fingerprint density at radius 3 is 1.24 bits per heavy atom. The second-order valence-corrected chi connectivity index (χ2v) is 16.6. The van der Waals surface area contributed by atoms with Crippen molar-refractivity contribution in [2.45, 2.75) is 161 Å². The van der Waals surface area contributed by atoms with Gasteiger partial charge in [-0.05, 0) is 128 Å². The topological polar surface area (TPSA) is 89.5 Å². The van der Waals surface area contributed by atoms with E-state index >= 15 is 0 Å². The van der Waals surface area contributed by atoms with Crippen molar-refractivity contribution in [2.24, 2.45) is 0 Å². The molecule has 2 fully saturated rings. The van der Waals surface area contributed by atoms with Crippen LogP contribution in [0.4, 0.5) is 0 Å². The Bertz CT molecular complexity index is 1420. The molecule has 0 aromatic heterocycles. The van der Waals surface area contributed by atoms with Gasteiger partial charge in [-0.3, -0.25) is 9.59 Å². The molecule has 2 aromatic carbocycles. The molecule has 5 rings (SSSR count). The van der Waals surface area contributed by atoms with Crippen LogP contribution in [-0.2, 0) is 43.1 Å². The first-order valence-corrected chi connectivity index (χ1v) is 19.3. The van der Waals surface area contributed by atoms with E-state index in [2.05, 4.69) is 91.8 Å². The molecule has 51 heavy (non-hydrogen) atoms. The van der Waals surface area contributed by atoms with E-state index in [9.17, 15) is 9.59 Å². The van der Waals surface area contributed by atoms with Crippen LogP contribution in [-0.4, -0.2) is 61.8 Å². The third-order valence-corrected chi connectivity index (χ3v) is 12.0. The number of unbranched alkanes of at least 4 members (excludes halogenated alkanes) is 4. The lowest BCUT2D eigenvalue weighted by molar-refractivity contribution is -0.144. The van der Waals surface area contributed by atoms with Crippen LogP contribution in [0.1, 0.15) is 145 Å². The summed E-state index contributed by atoms with van der Waals surface area (Å²) >= 11 is 0. The number of esters is 2. The summed E-state index contributed by atoms with van der Waals surface area (Å²) in [5.41, 5.74) is 4.93. The van der Waals surface area contributed by atoms with Crippen LogP contribution < -0.4 is 10.9 Å². The van der Waals surface area contributed by atoms with Gasteiger partial charge in [-0.2, -0.15) is 0 Å². The molecule has 3 aliphatic rings. The van der Waals surface area contributed by atoms with Crippen LogP contribution in [0.25, 0.3) is 11.1 Å². The van der Waals surface area contributed by atoms with Gasteiger partial charge in [0.15, 0.2) is 0 Å². The van der Waals surface area contributed by atoms with Crippen LogP contribution in [0.15, 0.2) is 36.4 Å². The van der Waals surface area contributed by atoms with E-state index in [0.717, 1.165) is 62.3 Å². The highest BCUT2D eigenvalue weighted by Crippen LogP contribution is 2.54. The minimum atomic E-state index is -0.476. The summed E-state index contributed by atoms with van der Waals surface area (Å²) < 4.78 is 36.6. The Labute approximate surface area is 307 Å². The van der Waals surface area contributed by atoms with Crippen molar-refractivity contribution in [3.63, 3.8) is 0 Å². The van der Waals surface area contributed by atoms with E-state index in [0.29, 0.717) is 26.1 Å². The summed E-state index contributed by atoms with van der Waals surface area (Å²) in [6, 6.07) is 13.4. The maximum absolute atomic E-state index is 12.2. The van der Waals surface area contributed by atoms with Gasteiger partial charge < -0.3 is 28.1 Å². The number of ether oxygens (including phenoxy) is 2. The van der Waals surface area contributed by atoms with E-state index in [-0.39, 0.29) is 17.4 Å². The fourth-order valence-electron chi connectivity index (χ4n) is 7.66. The molecule has 0 N–H and O–H groups in total. The molecule has 0 bridgehead atoms. The van der Waals surface area contributed by atoms with Gasteiger partial charge in [0.05, 0.1) is 35.6 Å². The first kappa shape index (κ1) is 39.6. The molecule has 0 spiro atoms. The molecule has 278 valence electrons. The van der Waals surface area contributed by atoms with Gasteiger partial charge in [0.1, 0.15) is 0 Å². The fourth-order valence-corrected chi connectivity index (χ4v) is 7.66. The van der Waals surface area contributed by atoms with E-state index in [1.807, 2.05) is 13.8 Å². The molecule has 1 aliphatic carbocycles. The van der Waals surface area contributed by atoms with Crippen molar-refractivity contribution < 1.29 is 37.7 Å². The molecule has 2 aromatic rings. The zero-order valence-electron chi connectivity index (χ0n) is 32.9. The van der Waals surface area contributed by atoms with Crippen molar-refractivity contribution in [1.29, 1.82) is 0 Å². The van der Waals surface area contributed by atoms with E-state index in [4.69, 9.17) is 28.1 Å². The number of carbonyl (C=O) groups excluding carboxylic acids is 2. The van der Waals surface area contributed by atoms with Gasteiger partial charge in [-0.1, -0.05) is 62.1 Å². The predicted octanol–water partition coefficient (Wildman–Crippen LogP) is 7.58. The summed E-state index contributed by atoms with van der Waals surface area (Å²) in [7, 11) is -0.952. The van der Waals surface area contributed by atoms with Crippen LogP contribution in [0.2, 0.25) is 0 Å². The monoisotopic (exact) mass is 702 g/mol. The highest BCUT2D eigenvalue weighted by molar-refractivity contribution is 6.62. The molecule has 0 atom stereocenters. The third kappa shape index (κ3) is 8.14. The number of rotatable bonds is 16. The van der Waals surface area contributed by atoms with Crippen molar-refractivity contribution in [3.05, 3.63) is 47.5 Å². The highest BCUT2D eigenvalue weighted by atomic mass is 16.7. The second kappa shape index (κ2) is 15.4. The maximum atomic E-state index is 12.2. The number of fused-ring (bicyclic) bond motifs is 3. The van der Waals surface area contributed by atoms with E-state index in [1.165, 1.54) is 22.3 Å². The lowest BCUT2D eigenvalue weighted by atomic mass is 9.67. The van der Waals surface area contributed by atoms with Crippen LogP contribution in [0.3, 0.4) is 0 Å². The van der Waals surface area contributed by atoms with Crippen LogP contribution in [0, 0.1) is 0 Å². The van der Waals surface area contributed by atoms with Gasteiger partial charge in [0, 0.05) is 18.3 Å². The van der Waals surface area contributed by atoms with Gasteiger partial charge in [-0.25, -0.2) is 0 Å². The van der Waals surface area contributed by atoms with E-state index in [1.54, 1.807) is 0 Å². The average molecular weight is 703 g/mol. The zero-order chi connectivity index (χ0) is 37.2. The largest absolute Gasteiger partial charge is 0.494 e.